The summed E-state index contributed by atoms with van der Waals surface area (Å²) in [4.78, 5) is 60.5. The van der Waals surface area contributed by atoms with Gasteiger partial charge in [0.15, 0.2) is 0 Å². The van der Waals surface area contributed by atoms with Crippen molar-refractivity contribution < 1.29 is 46.3 Å². The van der Waals surface area contributed by atoms with Gasteiger partial charge in [0.05, 0.1) is 23.8 Å². The first-order valence-electron chi connectivity index (χ1n) is 25.4. The zero-order valence-electron chi connectivity index (χ0n) is 43.8. The van der Waals surface area contributed by atoms with E-state index in [9.17, 15) is 23.7 Å². The lowest BCUT2D eigenvalue weighted by Crippen LogP contribution is -2.49. The lowest BCUT2D eigenvalue weighted by atomic mass is 9.93. The van der Waals surface area contributed by atoms with Gasteiger partial charge in [-0.25, -0.2) is 9.59 Å². The minimum atomic E-state index is -5.06. The van der Waals surface area contributed by atoms with E-state index in [-0.39, 0.29) is 31.2 Å². The van der Waals surface area contributed by atoms with Crippen molar-refractivity contribution in [1.82, 2.24) is 15.5 Å². The van der Waals surface area contributed by atoms with E-state index in [1.54, 1.807) is 33.8 Å². The normalized spacial score (nSPS) is 14.7. The molecule has 0 bridgehead atoms. The number of carbonyl (C=O) groups is 4. The van der Waals surface area contributed by atoms with Crippen LogP contribution in [0.2, 0.25) is 0 Å². The number of ether oxygens (including phenoxy) is 1. The first-order chi connectivity index (χ1) is 35.7. The fraction of sp³-hybridized carbons (Fsp3) is 0.333. The zero-order chi connectivity index (χ0) is 54.1. The molecule has 75 heavy (non-hydrogen) atoms. The Morgan fingerprint density at radius 2 is 1.32 bits per heavy atom. The van der Waals surface area contributed by atoms with Crippen molar-refractivity contribution in [3.63, 3.8) is 0 Å². The summed E-state index contributed by atoms with van der Waals surface area (Å²) in [6.07, 6.45) is -0.424. The van der Waals surface area contributed by atoms with Crippen LogP contribution >= 0.6 is 7.60 Å². The number of nitrogens with zero attached hydrogens (tertiary/aromatic N) is 2. The van der Waals surface area contributed by atoms with Crippen LogP contribution in [0.5, 0.6) is 0 Å². The van der Waals surface area contributed by atoms with E-state index in [1.165, 1.54) is 49.6 Å². The topological polar surface area (TPSA) is 144 Å². The van der Waals surface area contributed by atoms with Gasteiger partial charge in [-0.15, -0.1) is 0 Å². The van der Waals surface area contributed by atoms with Gasteiger partial charge in [-0.3, -0.25) is 24.0 Å². The molecule has 6 aromatic rings. The second-order valence-electron chi connectivity index (χ2n) is 20.3. The highest BCUT2D eigenvalue weighted by molar-refractivity contribution is 7.54. The minimum absolute atomic E-state index is 0.0241. The highest BCUT2D eigenvalue weighted by atomic mass is 31.2. The van der Waals surface area contributed by atoms with Gasteiger partial charge in [-0.2, -0.15) is 8.78 Å². The number of fused-ring (bicyclic) bond motifs is 1. The van der Waals surface area contributed by atoms with Crippen molar-refractivity contribution in [3.8, 4) is 11.1 Å². The molecule has 1 aliphatic heterocycles. The summed E-state index contributed by atoms with van der Waals surface area (Å²) in [7, 11) is -5.06. The van der Waals surface area contributed by atoms with Gasteiger partial charge in [0.2, 0.25) is 11.8 Å². The summed E-state index contributed by atoms with van der Waals surface area (Å²) in [6, 6.07) is 42.3. The summed E-state index contributed by atoms with van der Waals surface area (Å²) >= 11 is 0. The number of anilines is 1. The number of nitrogens with one attached hydrogen (secondary N) is 2. The number of urea groups is 1. The molecule has 12 nitrogen and oxygen atoms in total. The van der Waals surface area contributed by atoms with E-state index in [4.69, 9.17) is 13.8 Å². The van der Waals surface area contributed by atoms with E-state index >= 15 is 8.78 Å². The Balaban J connectivity index is 1.14. The van der Waals surface area contributed by atoms with E-state index < -0.39 is 66.4 Å². The van der Waals surface area contributed by atoms with Crippen LogP contribution in [0.15, 0.2) is 163 Å². The molecule has 0 aliphatic carbocycles. The lowest BCUT2D eigenvalue weighted by Gasteiger charge is -2.35. The van der Waals surface area contributed by atoms with Crippen LogP contribution in [-0.4, -0.2) is 53.0 Å². The van der Waals surface area contributed by atoms with E-state index in [0.717, 1.165) is 39.6 Å². The van der Waals surface area contributed by atoms with E-state index in [2.05, 4.69) is 10.6 Å². The SMILES string of the molecule is CC1=C(C(=O)OCc2ccccc2)C(c2ccc(-c3ccccc3)cc2)NC(=O)N1CCCCCC(=O)N(c1ccc2ccccc2c1)C(C(=O)NC(C)(C)C)c1ccc(C(F)(F)P(=O)(OC(C)C)OC(C)C)cc1. The molecule has 0 aromatic heterocycles. The smallest absolute Gasteiger partial charge is 0.404 e. The zero-order valence-corrected chi connectivity index (χ0v) is 44.7. The molecule has 1 heterocycles. The molecule has 6 aromatic carbocycles. The Bertz CT molecular complexity index is 3020. The average molecular weight is 1040 g/mol. The molecule has 0 radical (unpaired) electrons. The van der Waals surface area contributed by atoms with Crippen LogP contribution < -0.4 is 15.5 Å². The molecule has 0 saturated carbocycles. The maximum atomic E-state index is 16.3. The van der Waals surface area contributed by atoms with Gasteiger partial charge in [0, 0.05) is 35.5 Å². The summed E-state index contributed by atoms with van der Waals surface area (Å²) in [5, 5.41) is 7.76. The van der Waals surface area contributed by atoms with Crippen molar-refractivity contribution >= 4 is 47.9 Å². The maximum absolute atomic E-state index is 16.3. The number of carbonyl (C=O) groups excluding carboxylic acids is 4. The number of hydrogen-bond acceptors (Lipinski definition) is 8. The molecule has 2 unspecified atom stereocenters. The third-order valence-electron chi connectivity index (χ3n) is 12.6. The Morgan fingerprint density at radius 1 is 0.733 bits per heavy atom. The summed E-state index contributed by atoms with van der Waals surface area (Å²) in [6.45, 7) is 13.4. The van der Waals surface area contributed by atoms with Gasteiger partial charge in [-0.1, -0.05) is 146 Å². The van der Waals surface area contributed by atoms with Crippen molar-refractivity contribution in [2.24, 2.45) is 0 Å². The molecule has 2 N–H and O–H groups in total. The van der Waals surface area contributed by atoms with Crippen molar-refractivity contribution in [1.29, 1.82) is 0 Å². The molecule has 0 spiro atoms. The number of amides is 4. The standard InChI is InChI=1S/C60H67F2N4O8P/c1-40(2)73-75(71,74-41(3)4)60(61,62)50-34-31-48(32-35-50)55(56(68)64-59(6,7)8)66(51-36-33-45-24-17-18-25-49(45)38-51)52(67)26-16-11-19-37-65-42(5)53(57(69)72-39-43-20-12-9-13-21-43)54(63-58(65)70)47-29-27-46(28-30-47)44-22-14-10-15-23-44/h9-10,12-15,17-18,20-25,27-36,38,40-41,54-55H,11,16,19,26,37,39H2,1-8H3,(H,63,70)(H,64,68). The summed E-state index contributed by atoms with van der Waals surface area (Å²) in [5.74, 6) is -1.53. The highest BCUT2D eigenvalue weighted by Crippen LogP contribution is 2.68. The van der Waals surface area contributed by atoms with Crippen LogP contribution in [0.4, 0.5) is 19.3 Å². The molecule has 7 rings (SSSR count). The lowest BCUT2D eigenvalue weighted by molar-refractivity contribution is -0.141. The fourth-order valence-corrected chi connectivity index (χ4v) is 11.0. The number of alkyl halides is 2. The second kappa shape index (κ2) is 24.1. The number of allylic oxidation sites excluding steroid dienone is 1. The fourth-order valence-electron chi connectivity index (χ4n) is 9.06. The number of halogens is 2. The molecular formula is C60H67F2N4O8P. The van der Waals surface area contributed by atoms with Gasteiger partial charge in [-0.05, 0) is 119 Å². The summed E-state index contributed by atoms with van der Waals surface area (Å²) < 4.78 is 62.8. The van der Waals surface area contributed by atoms with Gasteiger partial charge >= 0.3 is 25.3 Å². The quantitative estimate of drug-likeness (QED) is 0.0412. The molecule has 15 heteroatoms. The number of unbranched alkanes of at least 4 members (excludes halogenated alkanes) is 2. The average Bonchev–Trinajstić information content (AvgIpc) is 3.37. The Hall–Kier alpha value is -6.99. The third-order valence-corrected chi connectivity index (χ3v) is 14.9. The monoisotopic (exact) mass is 1040 g/mol. The number of rotatable bonds is 21. The van der Waals surface area contributed by atoms with Crippen LogP contribution in [0.25, 0.3) is 21.9 Å². The second-order valence-corrected chi connectivity index (χ2v) is 22.3. The molecule has 2 atom stereocenters. The van der Waals surface area contributed by atoms with Crippen LogP contribution in [0, 0.1) is 0 Å². The van der Waals surface area contributed by atoms with Crippen molar-refractivity contribution in [2.45, 2.75) is 123 Å². The molecule has 1 aliphatic rings. The Morgan fingerprint density at radius 3 is 1.93 bits per heavy atom. The third kappa shape index (κ3) is 13.7. The van der Waals surface area contributed by atoms with Gasteiger partial charge in [0.1, 0.15) is 12.6 Å². The molecule has 0 saturated heterocycles. The van der Waals surface area contributed by atoms with Crippen LogP contribution in [-0.2, 0) is 45.0 Å². The van der Waals surface area contributed by atoms with Gasteiger partial charge < -0.3 is 24.4 Å². The van der Waals surface area contributed by atoms with Crippen LogP contribution in [0.1, 0.15) is 115 Å². The van der Waals surface area contributed by atoms with E-state index in [0.29, 0.717) is 41.8 Å². The first-order valence-corrected chi connectivity index (χ1v) is 26.9. The number of hydrogen-bond donors (Lipinski definition) is 2. The van der Waals surface area contributed by atoms with Crippen molar-refractivity contribution in [3.05, 3.63) is 185 Å². The van der Waals surface area contributed by atoms with E-state index in [1.807, 2.05) is 121 Å². The Labute approximate surface area is 439 Å². The molecule has 394 valence electrons. The number of benzene rings is 6. The predicted octanol–water partition coefficient (Wildman–Crippen LogP) is 13.9. The summed E-state index contributed by atoms with van der Waals surface area (Å²) in [5.41, 5.74) is -0.542. The Kier molecular flexibility index (Phi) is 17.9. The molecule has 4 amide bonds. The van der Waals surface area contributed by atoms with Gasteiger partial charge in [0.25, 0.3) is 0 Å². The first kappa shape index (κ1) is 55.8. The predicted molar refractivity (Wildman–Crippen MR) is 290 cm³/mol. The van der Waals surface area contributed by atoms with Crippen LogP contribution in [0.3, 0.4) is 0 Å². The van der Waals surface area contributed by atoms with Crippen molar-refractivity contribution in [2.75, 3.05) is 11.4 Å². The number of esters is 1. The maximum Gasteiger partial charge on any atom is 0.404 e. The highest BCUT2D eigenvalue weighted by Gasteiger charge is 2.56. The molecule has 0 fully saturated rings. The largest absolute Gasteiger partial charge is 0.457 e. The molecular weight excluding hydrogens is 974 g/mol. The minimum Gasteiger partial charge on any atom is -0.457 e.